The molecule has 0 unspecified atom stereocenters. The molecule has 1 aliphatic heterocycles. The lowest BCUT2D eigenvalue weighted by atomic mass is 9.98. The molecule has 5 heteroatoms. The van der Waals surface area contributed by atoms with Crippen LogP contribution in [0.25, 0.3) is 0 Å². The molecule has 0 bridgehead atoms. The Hall–Kier alpha value is -2.53. The van der Waals surface area contributed by atoms with Gasteiger partial charge in [0.2, 0.25) is 0 Å². The second-order valence-corrected chi connectivity index (χ2v) is 9.71. The van der Waals surface area contributed by atoms with E-state index in [9.17, 15) is 4.79 Å². The number of carbonyl (C=O) groups is 1. The molecule has 0 saturated heterocycles. The van der Waals surface area contributed by atoms with Crippen LogP contribution in [0.5, 0.6) is 0 Å². The minimum atomic E-state index is -0.0799. The van der Waals surface area contributed by atoms with Crippen molar-refractivity contribution in [3.05, 3.63) is 65.5 Å². The standard InChI is InChI=1S/C23H21N3OS/c1-13-20-17(12-14-21(20)23(14,2)3)26(24-13)22(27)25-15-8-4-6-10-18(15)28-19-11-7-5-9-16(19)25/h4-11,14,21H,12H2,1-3H3/t14-,21-/m1/s1. The quantitative estimate of drug-likeness (QED) is 0.492. The van der Waals surface area contributed by atoms with Crippen LogP contribution >= 0.6 is 11.8 Å². The Bertz CT molecular complexity index is 1120. The summed E-state index contributed by atoms with van der Waals surface area (Å²) in [6, 6.07) is 16.1. The van der Waals surface area contributed by atoms with Crippen molar-refractivity contribution in [3.63, 3.8) is 0 Å². The van der Waals surface area contributed by atoms with Crippen LogP contribution in [-0.4, -0.2) is 15.8 Å². The summed E-state index contributed by atoms with van der Waals surface area (Å²) in [7, 11) is 0. The van der Waals surface area contributed by atoms with Crippen molar-refractivity contribution < 1.29 is 4.79 Å². The third-order valence-electron chi connectivity index (χ3n) is 6.79. The lowest BCUT2D eigenvalue weighted by Gasteiger charge is -2.31. The van der Waals surface area contributed by atoms with Gasteiger partial charge >= 0.3 is 6.03 Å². The molecule has 0 radical (unpaired) electrons. The number of aromatic nitrogens is 2. The molecule has 28 heavy (non-hydrogen) atoms. The maximum absolute atomic E-state index is 13.8. The van der Waals surface area contributed by atoms with E-state index in [2.05, 4.69) is 26.0 Å². The molecule has 2 aromatic carbocycles. The molecule has 140 valence electrons. The fourth-order valence-electron chi connectivity index (χ4n) is 5.26. The van der Waals surface area contributed by atoms with E-state index in [1.165, 1.54) is 5.56 Å². The van der Waals surface area contributed by atoms with Crippen LogP contribution < -0.4 is 4.90 Å². The van der Waals surface area contributed by atoms with Crippen LogP contribution in [-0.2, 0) is 6.42 Å². The molecule has 0 N–H and O–H groups in total. The van der Waals surface area contributed by atoms with Gasteiger partial charge in [-0.2, -0.15) is 9.78 Å². The molecule has 1 aromatic heterocycles. The lowest BCUT2D eigenvalue weighted by Crippen LogP contribution is -2.34. The van der Waals surface area contributed by atoms with E-state index in [1.54, 1.807) is 16.4 Å². The zero-order valence-corrected chi connectivity index (χ0v) is 17.0. The van der Waals surface area contributed by atoms with Crippen LogP contribution in [0.1, 0.15) is 36.7 Å². The number of benzene rings is 2. The Kier molecular flexibility index (Phi) is 3.10. The monoisotopic (exact) mass is 387 g/mol. The van der Waals surface area contributed by atoms with E-state index in [1.807, 2.05) is 48.2 Å². The van der Waals surface area contributed by atoms with Crippen molar-refractivity contribution in [2.75, 3.05) is 4.90 Å². The van der Waals surface area contributed by atoms with Gasteiger partial charge in [0, 0.05) is 15.4 Å². The molecule has 2 atom stereocenters. The van der Waals surface area contributed by atoms with Crippen molar-refractivity contribution in [3.8, 4) is 0 Å². The second kappa shape index (κ2) is 5.29. The highest BCUT2D eigenvalue weighted by molar-refractivity contribution is 7.99. The number of para-hydroxylation sites is 2. The molecule has 1 fully saturated rings. The number of fused-ring (bicyclic) bond motifs is 5. The number of aryl methyl sites for hydroxylation is 1. The van der Waals surface area contributed by atoms with E-state index in [-0.39, 0.29) is 6.03 Å². The van der Waals surface area contributed by atoms with Crippen LogP contribution in [0, 0.1) is 18.3 Å². The smallest absolute Gasteiger partial charge is 0.259 e. The maximum atomic E-state index is 13.8. The molecule has 3 aliphatic rings. The van der Waals surface area contributed by atoms with Gasteiger partial charge in [0.25, 0.3) is 0 Å². The summed E-state index contributed by atoms with van der Waals surface area (Å²) in [5.74, 6) is 1.20. The van der Waals surface area contributed by atoms with Crippen molar-refractivity contribution >= 4 is 29.2 Å². The van der Waals surface area contributed by atoms with Gasteiger partial charge in [0.1, 0.15) is 0 Å². The van der Waals surface area contributed by atoms with Crippen LogP contribution in [0.15, 0.2) is 58.3 Å². The largest absolute Gasteiger partial charge is 0.354 e. The zero-order valence-electron chi connectivity index (χ0n) is 16.1. The lowest BCUT2D eigenvalue weighted by molar-refractivity contribution is 0.246. The van der Waals surface area contributed by atoms with Gasteiger partial charge < -0.3 is 0 Å². The van der Waals surface area contributed by atoms with E-state index in [0.29, 0.717) is 17.3 Å². The number of nitrogens with zero attached hydrogens (tertiary/aromatic N) is 3. The minimum absolute atomic E-state index is 0.0799. The van der Waals surface area contributed by atoms with Gasteiger partial charge in [0.15, 0.2) is 0 Å². The van der Waals surface area contributed by atoms with Crippen molar-refractivity contribution in [1.82, 2.24) is 9.78 Å². The topological polar surface area (TPSA) is 38.1 Å². The SMILES string of the molecule is Cc1nn(C(=O)N2c3ccccc3Sc3ccccc32)c2c1[C@H]1[C@@H](C2)C1(C)C. The molecule has 1 amide bonds. The summed E-state index contributed by atoms with van der Waals surface area (Å²) in [5, 5.41) is 4.71. The Morgan fingerprint density at radius 2 is 1.68 bits per heavy atom. The molecule has 2 aliphatic carbocycles. The predicted octanol–water partition coefficient (Wildman–Crippen LogP) is 5.76. The molecular formula is C23H21N3OS. The molecule has 2 heterocycles. The summed E-state index contributed by atoms with van der Waals surface area (Å²) in [5.41, 5.74) is 5.65. The van der Waals surface area contributed by atoms with E-state index >= 15 is 0 Å². The number of carbonyl (C=O) groups excluding carboxylic acids is 1. The molecule has 3 aromatic rings. The molecule has 0 spiro atoms. The average Bonchev–Trinajstić information content (AvgIpc) is 3.03. The number of hydrogen-bond acceptors (Lipinski definition) is 3. The van der Waals surface area contributed by atoms with Gasteiger partial charge in [-0.25, -0.2) is 4.79 Å². The summed E-state index contributed by atoms with van der Waals surface area (Å²) in [6.45, 7) is 6.71. The zero-order chi connectivity index (χ0) is 19.2. The van der Waals surface area contributed by atoms with Crippen molar-refractivity contribution in [2.24, 2.45) is 11.3 Å². The number of anilines is 2. The van der Waals surface area contributed by atoms with E-state index in [0.717, 1.165) is 39.0 Å². The first-order valence-electron chi connectivity index (χ1n) is 9.77. The van der Waals surface area contributed by atoms with Crippen molar-refractivity contribution in [2.45, 2.75) is 42.9 Å². The highest BCUT2D eigenvalue weighted by Gasteiger charge is 2.64. The minimum Gasteiger partial charge on any atom is -0.259 e. The van der Waals surface area contributed by atoms with Crippen LogP contribution in [0.3, 0.4) is 0 Å². The molecular weight excluding hydrogens is 366 g/mol. The maximum Gasteiger partial charge on any atom is 0.354 e. The molecule has 4 nitrogen and oxygen atoms in total. The Balaban J connectivity index is 1.50. The van der Waals surface area contributed by atoms with Crippen LogP contribution in [0.4, 0.5) is 16.2 Å². The highest BCUT2D eigenvalue weighted by atomic mass is 32.2. The Labute approximate surface area is 168 Å². The third kappa shape index (κ3) is 1.97. The number of hydrogen-bond donors (Lipinski definition) is 0. The normalized spacial score (nSPS) is 22.9. The fourth-order valence-corrected chi connectivity index (χ4v) is 6.32. The van der Waals surface area contributed by atoms with Crippen LogP contribution in [0.2, 0.25) is 0 Å². The first-order valence-corrected chi connectivity index (χ1v) is 10.6. The average molecular weight is 388 g/mol. The van der Waals surface area contributed by atoms with Gasteiger partial charge in [-0.05, 0) is 54.9 Å². The second-order valence-electron chi connectivity index (χ2n) is 8.62. The highest BCUT2D eigenvalue weighted by Crippen LogP contribution is 2.70. The van der Waals surface area contributed by atoms with E-state index in [4.69, 9.17) is 5.10 Å². The Morgan fingerprint density at radius 3 is 2.32 bits per heavy atom. The van der Waals surface area contributed by atoms with Gasteiger partial charge in [-0.1, -0.05) is 49.9 Å². The van der Waals surface area contributed by atoms with Crippen molar-refractivity contribution in [1.29, 1.82) is 0 Å². The van der Waals surface area contributed by atoms with E-state index < -0.39 is 0 Å². The summed E-state index contributed by atoms with van der Waals surface area (Å²) >= 11 is 1.71. The Morgan fingerprint density at radius 1 is 1.07 bits per heavy atom. The molecule has 1 saturated carbocycles. The first-order chi connectivity index (χ1) is 13.5. The number of rotatable bonds is 0. The summed E-state index contributed by atoms with van der Waals surface area (Å²) in [4.78, 5) is 17.8. The predicted molar refractivity (Wildman–Crippen MR) is 111 cm³/mol. The third-order valence-corrected chi connectivity index (χ3v) is 7.92. The van der Waals surface area contributed by atoms with Gasteiger partial charge in [-0.3, -0.25) is 4.90 Å². The van der Waals surface area contributed by atoms with Gasteiger partial charge in [-0.15, -0.1) is 0 Å². The first kappa shape index (κ1) is 16.4. The number of amides is 1. The summed E-state index contributed by atoms with van der Waals surface area (Å²) in [6.07, 6.45) is 0.950. The summed E-state index contributed by atoms with van der Waals surface area (Å²) < 4.78 is 1.68. The molecule has 6 rings (SSSR count). The van der Waals surface area contributed by atoms with Gasteiger partial charge in [0.05, 0.1) is 22.8 Å². The fraction of sp³-hybridized carbons (Fsp3) is 0.304.